The van der Waals surface area contributed by atoms with Crippen molar-refractivity contribution in [2.45, 2.75) is 6.54 Å². The van der Waals surface area contributed by atoms with Crippen molar-refractivity contribution in [2.24, 2.45) is 5.73 Å². The minimum atomic E-state index is -0.562. The fourth-order valence-corrected chi connectivity index (χ4v) is 1.96. The molecule has 0 spiro atoms. The average Bonchev–Trinajstić information content (AvgIpc) is 2.41. The van der Waals surface area contributed by atoms with Gasteiger partial charge in [-0.2, -0.15) is 0 Å². The van der Waals surface area contributed by atoms with Crippen LogP contribution in [0.4, 0.5) is 5.69 Å². The number of nitro groups is 1. The molecule has 0 amide bonds. The molecule has 104 valence electrons. The van der Waals surface area contributed by atoms with Crippen LogP contribution < -0.4 is 10.5 Å². The van der Waals surface area contributed by atoms with Gasteiger partial charge in [0.05, 0.1) is 4.92 Å². The van der Waals surface area contributed by atoms with Gasteiger partial charge in [0.25, 0.3) is 0 Å². The lowest BCUT2D eigenvalue weighted by Crippen LogP contribution is -2.00. The van der Waals surface area contributed by atoms with Gasteiger partial charge >= 0.3 is 5.69 Å². The highest BCUT2D eigenvalue weighted by Crippen LogP contribution is 2.35. The minimum absolute atomic E-state index is 0.0800. The third-order valence-corrected chi connectivity index (χ3v) is 3.06. The molecule has 5 nitrogen and oxygen atoms in total. The summed E-state index contributed by atoms with van der Waals surface area (Å²) in [5.74, 6) is 0.460. The molecule has 0 bridgehead atoms. The number of rotatable bonds is 4. The number of hydrogen-bond acceptors (Lipinski definition) is 4. The lowest BCUT2D eigenvalue weighted by atomic mass is 10.2. The van der Waals surface area contributed by atoms with Crippen LogP contribution in [0.1, 0.15) is 5.56 Å². The Morgan fingerprint density at radius 3 is 2.40 bits per heavy atom. The molecule has 2 rings (SSSR count). The molecule has 0 saturated heterocycles. The monoisotopic (exact) mass is 312 g/mol. The van der Waals surface area contributed by atoms with E-state index in [-0.39, 0.29) is 23.0 Å². The Balaban J connectivity index is 2.44. The predicted molar refractivity (Wildman–Crippen MR) is 77.5 cm³/mol. The van der Waals surface area contributed by atoms with Crippen LogP contribution in [0.5, 0.6) is 11.5 Å². The Hall–Kier alpha value is -1.82. The van der Waals surface area contributed by atoms with Crippen LogP contribution in [-0.4, -0.2) is 4.92 Å². The lowest BCUT2D eigenvalue weighted by Gasteiger charge is -2.10. The van der Waals surface area contributed by atoms with Crippen LogP contribution in [0.15, 0.2) is 36.4 Å². The fourth-order valence-electron chi connectivity index (χ4n) is 1.63. The molecule has 0 fully saturated rings. The molecule has 2 aromatic carbocycles. The van der Waals surface area contributed by atoms with Crippen LogP contribution in [0, 0.1) is 10.1 Å². The summed E-state index contributed by atoms with van der Waals surface area (Å²) in [7, 11) is 0. The molecule has 2 aromatic rings. The Kier molecular flexibility index (Phi) is 4.44. The maximum Gasteiger partial charge on any atom is 0.313 e. The first kappa shape index (κ1) is 14.6. The quantitative estimate of drug-likeness (QED) is 0.679. The van der Waals surface area contributed by atoms with Crippen molar-refractivity contribution in [3.05, 3.63) is 62.1 Å². The standard InChI is InChI=1S/C13H10Cl2N2O3/c14-9-3-4-12(11(5-9)17(18)19)20-13-6-10(15)2-1-8(13)7-16/h1-6H,7,16H2. The lowest BCUT2D eigenvalue weighted by molar-refractivity contribution is -0.385. The zero-order chi connectivity index (χ0) is 14.7. The van der Waals surface area contributed by atoms with Gasteiger partial charge in [-0.3, -0.25) is 10.1 Å². The van der Waals surface area contributed by atoms with Crippen molar-refractivity contribution in [2.75, 3.05) is 0 Å². The Morgan fingerprint density at radius 1 is 1.10 bits per heavy atom. The fraction of sp³-hybridized carbons (Fsp3) is 0.0769. The first-order valence-electron chi connectivity index (χ1n) is 5.61. The number of halogens is 2. The van der Waals surface area contributed by atoms with E-state index in [4.69, 9.17) is 33.7 Å². The summed E-state index contributed by atoms with van der Waals surface area (Å²) in [6.07, 6.45) is 0. The van der Waals surface area contributed by atoms with Gasteiger partial charge < -0.3 is 10.5 Å². The van der Waals surface area contributed by atoms with Crippen molar-refractivity contribution in [1.82, 2.24) is 0 Å². The van der Waals surface area contributed by atoms with Crippen LogP contribution in [0.25, 0.3) is 0 Å². The van der Waals surface area contributed by atoms with Gasteiger partial charge in [0.1, 0.15) is 5.75 Å². The van der Waals surface area contributed by atoms with E-state index in [2.05, 4.69) is 0 Å². The zero-order valence-corrected chi connectivity index (χ0v) is 11.7. The molecule has 0 aliphatic heterocycles. The Bertz CT molecular complexity index is 662. The van der Waals surface area contributed by atoms with Gasteiger partial charge in [0.15, 0.2) is 0 Å². The van der Waals surface area contributed by atoms with Crippen LogP contribution in [0.2, 0.25) is 10.0 Å². The van der Waals surface area contributed by atoms with Crippen molar-refractivity contribution < 1.29 is 9.66 Å². The number of nitrogens with two attached hydrogens (primary N) is 1. The number of hydrogen-bond donors (Lipinski definition) is 1. The molecule has 2 N–H and O–H groups in total. The summed E-state index contributed by atoms with van der Waals surface area (Å²) in [5.41, 5.74) is 6.07. The molecule has 0 saturated carbocycles. The normalized spacial score (nSPS) is 10.3. The third kappa shape index (κ3) is 3.19. The third-order valence-electron chi connectivity index (χ3n) is 2.59. The molecule has 0 aliphatic carbocycles. The van der Waals surface area contributed by atoms with E-state index in [1.54, 1.807) is 18.2 Å². The van der Waals surface area contributed by atoms with Crippen molar-refractivity contribution in [3.8, 4) is 11.5 Å². The topological polar surface area (TPSA) is 78.4 Å². The first-order chi connectivity index (χ1) is 9.51. The molecule has 0 aromatic heterocycles. The Morgan fingerprint density at radius 2 is 1.75 bits per heavy atom. The first-order valence-corrected chi connectivity index (χ1v) is 6.37. The van der Waals surface area contributed by atoms with E-state index in [9.17, 15) is 10.1 Å². The van der Waals surface area contributed by atoms with Crippen LogP contribution >= 0.6 is 23.2 Å². The highest BCUT2D eigenvalue weighted by atomic mass is 35.5. The summed E-state index contributed by atoms with van der Waals surface area (Å²) in [6.45, 7) is 0.230. The summed E-state index contributed by atoms with van der Waals surface area (Å²) < 4.78 is 5.56. The molecular formula is C13H10Cl2N2O3. The van der Waals surface area contributed by atoms with Crippen molar-refractivity contribution in [3.63, 3.8) is 0 Å². The van der Waals surface area contributed by atoms with Gasteiger partial charge in [-0.05, 0) is 24.3 Å². The summed E-state index contributed by atoms with van der Waals surface area (Å²) >= 11 is 11.6. The molecule has 20 heavy (non-hydrogen) atoms. The highest BCUT2D eigenvalue weighted by Gasteiger charge is 2.17. The number of nitrogens with zero attached hydrogens (tertiary/aromatic N) is 1. The van der Waals surface area contributed by atoms with Gasteiger partial charge in [-0.15, -0.1) is 0 Å². The molecule has 0 aliphatic rings. The molecule has 0 radical (unpaired) electrons. The highest BCUT2D eigenvalue weighted by molar-refractivity contribution is 6.31. The number of benzene rings is 2. The smallest absolute Gasteiger partial charge is 0.313 e. The van der Waals surface area contributed by atoms with E-state index >= 15 is 0 Å². The summed E-state index contributed by atoms with van der Waals surface area (Å²) in [5, 5.41) is 11.7. The van der Waals surface area contributed by atoms with Crippen LogP contribution in [-0.2, 0) is 6.54 Å². The average molecular weight is 313 g/mol. The SMILES string of the molecule is NCc1ccc(Cl)cc1Oc1ccc(Cl)cc1[N+](=O)[O-]. The second kappa shape index (κ2) is 6.09. The van der Waals surface area contributed by atoms with Crippen molar-refractivity contribution in [1.29, 1.82) is 0 Å². The maximum absolute atomic E-state index is 11.0. The molecule has 7 heteroatoms. The molecule has 0 unspecified atom stereocenters. The van der Waals surface area contributed by atoms with E-state index in [0.717, 1.165) is 0 Å². The summed E-state index contributed by atoms with van der Waals surface area (Å²) in [6, 6.07) is 9.11. The molecular weight excluding hydrogens is 303 g/mol. The maximum atomic E-state index is 11.0. The number of ether oxygens (including phenoxy) is 1. The largest absolute Gasteiger partial charge is 0.450 e. The van der Waals surface area contributed by atoms with Crippen molar-refractivity contribution >= 4 is 28.9 Å². The Labute approximate surface area is 125 Å². The van der Waals surface area contributed by atoms with Crippen LogP contribution in [0.3, 0.4) is 0 Å². The second-order valence-electron chi connectivity index (χ2n) is 3.93. The van der Waals surface area contributed by atoms with E-state index in [1.807, 2.05) is 0 Å². The minimum Gasteiger partial charge on any atom is -0.450 e. The van der Waals surface area contributed by atoms with Gasteiger partial charge in [-0.1, -0.05) is 29.3 Å². The zero-order valence-electron chi connectivity index (χ0n) is 10.2. The molecule has 0 atom stereocenters. The van der Waals surface area contributed by atoms with E-state index in [1.165, 1.54) is 18.2 Å². The van der Waals surface area contributed by atoms with Gasteiger partial charge in [-0.25, -0.2) is 0 Å². The van der Waals surface area contributed by atoms with E-state index < -0.39 is 4.92 Å². The summed E-state index contributed by atoms with van der Waals surface area (Å²) in [4.78, 5) is 10.4. The number of nitro benzene ring substituents is 1. The predicted octanol–water partition coefficient (Wildman–Crippen LogP) is 4.15. The van der Waals surface area contributed by atoms with E-state index in [0.29, 0.717) is 16.3 Å². The second-order valence-corrected chi connectivity index (χ2v) is 4.80. The van der Waals surface area contributed by atoms with Gasteiger partial charge in [0.2, 0.25) is 5.75 Å². The van der Waals surface area contributed by atoms with Gasteiger partial charge in [0, 0.05) is 28.2 Å². The molecule has 0 heterocycles.